The van der Waals surface area contributed by atoms with Crippen LogP contribution in [0.5, 0.6) is 0 Å². The number of nitrogen functional groups attached to an aromatic ring is 1. The summed E-state index contributed by atoms with van der Waals surface area (Å²) in [6.45, 7) is 1.94. The van der Waals surface area contributed by atoms with Crippen LogP contribution in [0.1, 0.15) is 5.69 Å². The van der Waals surface area contributed by atoms with Crippen molar-refractivity contribution in [3.8, 4) is 0 Å². The van der Waals surface area contributed by atoms with Gasteiger partial charge in [-0.05, 0) is 18.4 Å². The molecule has 3 nitrogen and oxygen atoms in total. The highest BCUT2D eigenvalue weighted by Crippen LogP contribution is 2.21. The lowest BCUT2D eigenvalue weighted by atomic mass is 10.4. The number of fused-ring (bicyclic) bond motifs is 1. The number of nitrogens with two attached hydrogens (primary N) is 1. The second-order valence-electron chi connectivity index (χ2n) is 2.30. The van der Waals surface area contributed by atoms with Crippen molar-refractivity contribution in [3.05, 3.63) is 17.1 Å². The Bertz CT molecular complexity index is 393. The summed E-state index contributed by atoms with van der Waals surface area (Å²) in [6, 6.07) is 1.95. The summed E-state index contributed by atoms with van der Waals surface area (Å²) >= 11 is 1.64. The summed E-state index contributed by atoms with van der Waals surface area (Å²) in [5, 5.41) is 1.99. The molecule has 0 amide bonds. The van der Waals surface area contributed by atoms with Gasteiger partial charge in [-0.25, -0.2) is 9.97 Å². The van der Waals surface area contributed by atoms with Gasteiger partial charge in [0.2, 0.25) is 5.95 Å². The van der Waals surface area contributed by atoms with Gasteiger partial charge in [0.1, 0.15) is 0 Å². The third-order valence-electron chi connectivity index (χ3n) is 1.49. The Morgan fingerprint density at radius 3 is 3.09 bits per heavy atom. The molecule has 0 atom stereocenters. The predicted octanol–water partition coefficient (Wildman–Crippen LogP) is 1.58. The van der Waals surface area contributed by atoms with Gasteiger partial charge in [0.25, 0.3) is 0 Å². The number of hydrogen-bond donors (Lipinski definition) is 1. The number of aromatic nitrogens is 2. The van der Waals surface area contributed by atoms with Crippen molar-refractivity contribution in [2.24, 2.45) is 0 Å². The fourth-order valence-corrected chi connectivity index (χ4v) is 1.82. The zero-order valence-corrected chi connectivity index (χ0v) is 6.85. The molecule has 0 unspecified atom stereocenters. The van der Waals surface area contributed by atoms with Gasteiger partial charge < -0.3 is 5.73 Å². The van der Waals surface area contributed by atoms with Crippen LogP contribution in [0.4, 0.5) is 5.95 Å². The monoisotopic (exact) mass is 165 g/mol. The Labute approximate surface area is 67.9 Å². The first-order chi connectivity index (χ1) is 5.27. The molecule has 2 aromatic rings. The van der Waals surface area contributed by atoms with Crippen molar-refractivity contribution in [2.75, 3.05) is 5.73 Å². The highest BCUT2D eigenvalue weighted by Gasteiger charge is 2.01. The summed E-state index contributed by atoms with van der Waals surface area (Å²) < 4.78 is 1.12. The number of nitrogens with zero attached hydrogens (tertiary/aromatic N) is 2. The van der Waals surface area contributed by atoms with Crippen LogP contribution in [0.2, 0.25) is 0 Å². The standard InChI is InChI=1S/C7H7N3S/c1-4-6-5(2-3-11-6)10-7(8)9-4/h2-3H,1H3,(H2,8,9,10). The molecular formula is C7H7N3S. The van der Waals surface area contributed by atoms with E-state index in [9.17, 15) is 0 Å². The maximum absolute atomic E-state index is 5.47. The molecule has 0 aliphatic rings. The molecular weight excluding hydrogens is 158 g/mol. The molecule has 0 aromatic carbocycles. The molecule has 2 aromatic heterocycles. The Morgan fingerprint density at radius 2 is 2.27 bits per heavy atom. The molecule has 0 saturated carbocycles. The number of anilines is 1. The van der Waals surface area contributed by atoms with Gasteiger partial charge in [0, 0.05) is 0 Å². The maximum atomic E-state index is 5.47. The third kappa shape index (κ3) is 0.952. The second-order valence-corrected chi connectivity index (χ2v) is 3.22. The molecule has 0 spiro atoms. The summed E-state index contributed by atoms with van der Waals surface area (Å²) in [6.07, 6.45) is 0. The first kappa shape index (κ1) is 6.54. The number of rotatable bonds is 0. The minimum atomic E-state index is 0.355. The van der Waals surface area contributed by atoms with Crippen LogP contribution in [0.3, 0.4) is 0 Å². The predicted molar refractivity (Wildman–Crippen MR) is 46.6 cm³/mol. The Balaban J connectivity index is 2.91. The van der Waals surface area contributed by atoms with Gasteiger partial charge in [-0.3, -0.25) is 0 Å². The SMILES string of the molecule is Cc1nc(N)nc2ccsc12. The van der Waals surface area contributed by atoms with Crippen molar-refractivity contribution < 1.29 is 0 Å². The molecule has 2 N–H and O–H groups in total. The summed E-state index contributed by atoms with van der Waals surface area (Å²) in [5.41, 5.74) is 7.37. The minimum absolute atomic E-state index is 0.355. The van der Waals surface area contributed by atoms with Crippen LogP contribution < -0.4 is 5.73 Å². The normalized spacial score (nSPS) is 10.6. The highest BCUT2D eigenvalue weighted by molar-refractivity contribution is 7.17. The van der Waals surface area contributed by atoms with Crippen LogP contribution in [-0.4, -0.2) is 9.97 Å². The molecule has 0 bridgehead atoms. The van der Waals surface area contributed by atoms with E-state index in [1.807, 2.05) is 18.4 Å². The molecule has 2 rings (SSSR count). The molecule has 4 heteroatoms. The number of hydrogen-bond acceptors (Lipinski definition) is 4. The van der Waals surface area contributed by atoms with Crippen molar-refractivity contribution in [3.63, 3.8) is 0 Å². The quantitative estimate of drug-likeness (QED) is 0.644. The molecule has 0 aliphatic heterocycles. The summed E-state index contributed by atoms with van der Waals surface area (Å²) in [7, 11) is 0. The average Bonchev–Trinajstić information content (AvgIpc) is 2.34. The molecule has 11 heavy (non-hydrogen) atoms. The minimum Gasteiger partial charge on any atom is -0.368 e. The zero-order chi connectivity index (χ0) is 7.84. The lowest BCUT2D eigenvalue weighted by Crippen LogP contribution is -1.95. The van der Waals surface area contributed by atoms with Gasteiger partial charge in [-0.1, -0.05) is 0 Å². The molecule has 0 fully saturated rings. The van der Waals surface area contributed by atoms with Gasteiger partial charge in [-0.2, -0.15) is 0 Å². The number of aryl methyl sites for hydroxylation is 1. The van der Waals surface area contributed by atoms with E-state index in [4.69, 9.17) is 5.73 Å². The van der Waals surface area contributed by atoms with Crippen molar-refractivity contribution >= 4 is 27.5 Å². The topological polar surface area (TPSA) is 51.8 Å². The summed E-state index contributed by atoms with van der Waals surface area (Å²) in [4.78, 5) is 8.12. The average molecular weight is 165 g/mol. The van der Waals surface area contributed by atoms with Crippen LogP contribution in [-0.2, 0) is 0 Å². The Hall–Kier alpha value is -1.16. The van der Waals surface area contributed by atoms with Crippen LogP contribution >= 0.6 is 11.3 Å². The van der Waals surface area contributed by atoms with Crippen molar-refractivity contribution in [1.29, 1.82) is 0 Å². The first-order valence-corrected chi connectivity index (χ1v) is 4.12. The van der Waals surface area contributed by atoms with E-state index in [1.165, 1.54) is 0 Å². The van der Waals surface area contributed by atoms with Gasteiger partial charge >= 0.3 is 0 Å². The van der Waals surface area contributed by atoms with E-state index in [0.717, 1.165) is 15.9 Å². The van der Waals surface area contributed by atoms with E-state index in [2.05, 4.69) is 9.97 Å². The summed E-state index contributed by atoms with van der Waals surface area (Å²) in [5.74, 6) is 0.355. The molecule has 0 radical (unpaired) electrons. The van der Waals surface area contributed by atoms with E-state index in [0.29, 0.717) is 5.95 Å². The first-order valence-electron chi connectivity index (χ1n) is 3.24. The Morgan fingerprint density at radius 1 is 1.45 bits per heavy atom. The zero-order valence-electron chi connectivity index (χ0n) is 6.03. The van der Waals surface area contributed by atoms with E-state index in [1.54, 1.807) is 11.3 Å². The van der Waals surface area contributed by atoms with Crippen molar-refractivity contribution in [2.45, 2.75) is 6.92 Å². The largest absolute Gasteiger partial charge is 0.368 e. The third-order valence-corrected chi connectivity index (χ3v) is 2.50. The Kier molecular flexibility index (Phi) is 1.29. The second kappa shape index (κ2) is 2.17. The van der Waals surface area contributed by atoms with Crippen LogP contribution in [0, 0.1) is 6.92 Å². The van der Waals surface area contributed by atoms with Crippen LogP contribution in [0.25, 0.3) is 10.2 Å². The fourth-order valence-electron chi connectivity index (χ4n) is 1.03. The van der Waals surface area contributed by atoms with Gasteiger partial charge in [0.05, 0.1) is 15.9 Å². The van der Waals surface area contributed by atoms with E-state index < -0.39 is 0 Å². The van der Waals surface area contributed by atoms with Crippen LogP contribution in [0.15, 0.2) is 11.4 Å². The fraction of sp³-hybridized carbons (Fsp3) is 0.143. The highest BCUT2D eigenvalue weighted by atomic mass is 32.1. The molecule has 0 saturated heterocycles. The maximum Gasteiger partial charge on any atom is 0.220 e. The molecule has 2 heterocycles. The van der Waals surface area contributed by atoms with Gasteiger partial charge in [-0.15, -0.1) is 11.3 Å². The lowest BCUT2D eigenvalue weighted by Gasteiger charge is -1.95. The molecule has 0 aliphatic carbocycles. The molecule has 56 valence electrons. The lowest BCUT2D eigenvalue weighted by molar-refractivity contribution is 1.18. The smallest absolute Gasteiger partial charge is 0.220 e. The van der Waals surface area contributed by atoms with Crippen molar-refractivity contribution in [1.82, 2.24) is 9.97 Å². The van der Waals surface area contributed by atoms with Gasteiger partial charge in [0.15, 0.2) is 0 Å². The number of thiophene rings is 1. The van der Waals surface area contributed by atoms with E-state index >= 15 is 0 Å². The van der Waals surface area contributed by atoms with E-state index in [-0.39, 0.29) is 0 Å².